The molecule has 25 heavy (non-hydrogen) atoms. The maximum absolute atomic E-state index is 14.3. The molecule has 1 saturated heterocycles. The first kappa shape index (κ1) is 15.6. The fourth-order valence-electron chi connectivity index (χ4n) is 3.11. The fourth-order valence-corrected chi connectivity index (χ4v) is 3.11. The first-order chi connectivity index (χ1) is 12.1. The molecule has 1 atom stereocenters. The Hall–Kier alpha value is -2.93. The molecule has 1 aliphatic heterocycles. The van der Waals surface area contributed by atoms with E-state index in [0.29, 0.717) is 30.9 Å². The summed E-state index contributed by atoms with van der Waals surface area (Å²) >= 11 is 0. The van der Waals surface area contributed by atoms with Crippen molar-refractivity contribution in [2.75, 3.05) is 13.1 Å². The second-order valence-electron chi connectivity index (χ2n) is 6.03. The zero-order chi connectivity index (χ0) is 17.4. The summed E-state index contributed by atoms with van der Waals surface area (Å²) in [4.78, 5) is 14.5. The van der Waals surface area contributed by atoms with Gasteiger partial charge in [-0.25, -0.2) is 9.07 Å². The van der Waals surface area contributed by atoms with E-state index in [1.54, 1.807) is 40.1 Å². The van der Waals surface area contributed by atoms with E-state index in [1.807, 2.05) is 12.1 Å². The van der Waals surface area contributed by atoms with E-state index in [-0.39, 0.29) is 11.6 Å². The normalized spacial score (nSPS) is 17.2. The number of amides is 1. The van der Waals surface area contributed by atoms with Gasteiger partial charge in [0.2, 0.25) is 0 Å². The molecule has 128 valence electrons. The summed E-state index contributed by atoms with van der Waals surface area (Å²) in [5.41, 5.74) is 0.639. The molecule has 0 bridgehead atoms. The summed E-state index contributed by atoms with van der Waals surface area (Å²) in [6.07, 6.45) is 5.08. The molecule has 0 aliphatic carbocycles. The number of β-amino-alcohol motifs (C(OH)–C–C–N with tert-alkyl or cyclic N) is 1. The van der Waals surface area contributed by atoms with E-state index in [1.165, 1.54) is 16.9 Å². The lowest BCUT2D eigenvalue weighted by Gasteiger charge is -2.17. The SMILES string of the molecule is O=C(c1cnn(-c2ccccc2F)c1-n1cccc1)N1CC[C@H](O)C1. The van der Waals surface area contributed by atoms with E-state index in [2.05, 4.69) is 5.10 Å². The number of hydrogen-bond donors (Lipinski definition) is 1. The van der Waals surface area contributed by atoms with Crippen molar-refractivity contribution in [1.29, 1.82) is 0 Å². The second-order valence-corrected chi connectivity index (χ2v) is 6.03. The highest BCUT2D eigenvalue weighted by molar-refractivity contribution is 5.97. The summed E-state index contributed by atoms with van der Waals surface area (Å²) in [5, 5.41) is 14.0. The molecular formula is C18H17FN4O2. The van der Waals surface area contributed by atoms with Crippen LogP contribution in [0.25, 0.3) is 11.5 Å². The summed E-state index contributed by atoms with van der Waals surface area (Å²) < 4.78 is 17.4. The molecule has 1 aliphatic rings. The highest BCUT2D eigenvalue weighted by atomic mass is 19.1. The van der Waals surface area contributed by atoms with Crippen LogP contribution in [0.2, 0.25) is 0 Å². The summed E-state index contributed by atoms with van der Waals surface area (Å²) in [5.74, 6) is -0.168. The molecule has 3 aromatic rings. The summed E-state index contributed by atoms with van der Waals surface area (Å²) in [6.45, 7) is 0.796. The van der Waals surface area contributed by atoms with Gasteiger partial charge in [-0.3, -0.25) is 4.79 Å². The van der Waals surface area contributed by atoms with E-state index in [4.69, 9.17) is 0 Å². The van der Waals surface area contributed by atoms with E-state index in [9.17, 15) is 14.3 Å². The van der Waals surface area contributed by atoms with Gasteiger partial charge in [0.05, 0.1) is 12.3 Å². The van der Waals surface area contributed by atoms with Crippen molar-refractivity contribution in [3.63, 3.8) is 0 Å². The largest absolute Gasteiger partial charge is 0.391 e. The van der Waals surface area contributed by atoms with Crippen molar-refractivity contribution < 1.29 is 14.3 Å². The lowest BCUT2D eigenvalue weighted by molar-refractivity contribution is 0.0765. The first-order valence-corrected chi connectivity index (χ1v) is 8.09. The molecule has 0 unspecified atom stereocenters. The fraction of sp³-hybridized carbons (Fsp3) is 0.222. The van der Waals surface area contributed by atoms with Gasteiger partial charge in [-0.2, -0.15) is 5.10 Å². The van der Waals surface area contributed by atoms with Crippen LogP contribution in [-0.4, -0.2) is 49.5 Å². The molecule has 0 radical (unpaired) electrons. The van der Waals surface area contributed by atoms with Gasteiger partial charge in [-0.05, 0) is 30.7 Å². The summed E-state index contributed by atoms with van der Waals surface area (Å²) in [7, 11) is 0. The molecule has 1 fully saturated rings. The third-order valence-electron chi connectivity index (χ3n) is 4.35. The third kappa shape index (κ3) is 2.72. The number of rotatable bonds is 3. The molecule has 7 heteroatoms. The number of benzene rings is 1. The maximum atomic E-state index is 14.3. The number of para-hydroxylation sites is 1. The number of halogens is 1. The van der Waals surface area contributed by atoms with Crippen molar-refractivity contribution in [2.45, 2.75) is 12.5 Å². The van der Waals surface area contributed by atoms with Crippen LogP contribution in [0.1, 0.15) is 16.8 Å². The Kier molecular flexibility index (Phi) is 3.85. The number of nitrogens with zero attached hydrogens (tertiary/aromatic N) is 4. The van der Waals surface area contributed by atoms with Crippen LogP contribution in [-0.2, 0) is 0 Å². The highest BCUT2D eigenvalue weighted by Gasteiger charge is 2.29. The smallest absolute Gasteiger partial charge is 0.259 e. The van der Waals surface area contributed by atoms with Crippen LogP contribution in [0, 0.1) is 5.82 Å². The van der Waals surface area contributed by atoms with Crippen LogP contribution >= 0.6 is 0 Å². The standard InChI is InChI=1S/C18H17FN4O2/c19-15-5-1-2-6-16(15)23-17(21-8-3-4-9-21)14(11-20-23)18(25)22-10-7-13(24)12-22/h1-6,8-9,11,13,24H,7,10,12H2/t13-/m0/s1. The average molecular weight is 340 g/mol. The van der Waals surface area contributed by atoms with Gasteiger partial charge in [0.25, 0.3) is 5.91 Å². The lowest BCUT2D eigenvalue weighted by atomic mass is 10.2. The molecule has 1 amide bonds. The quantitative estimate of drug-likeness (QED) is 0.793. The topological polar surface area (TPSA) is 63.3 Å². The molecule has 2 aromatic heterocycles. The zero-order valence-corrected chi connectivity index (χ0v) is 13.4. The molecule has 0 spiro atoms. The minimum absolute atomic E-state index is 0.220. The maximum Gasteiger partial charge on any atom is 0.259 e. The van der Waals surface area contributed by atoms with Gasteiger partial charge < -0.3 is 14.6 Å². The molecule has 0 saturated carbocycles. The highest BCUT2D eigenvalue weighted by Crippen LogP contribution is 2.24. The van der Waals surface area contributed by atoms with Gasteiger partial charge in [0.15, 0.2) is 5.82 Å². The Morgan fingerprint density at radius 2 is 1.96 bits per heavy atom. The number of hydrogen-bond acceptors (Lipinski definition) is 3. The molecule has 3 heterocycles. The first-order valence-electron chi connectivity index (χ1n) is 8.09. The minimum atomic E-state index is -0.499. The van der Waals surface area contributed by atoms with Crippen molar-refractivity contribution in [2.24, 2.45) is 0 Å². The van der Waals surface area contributed by atoms with Crippen LogP contribution in [0.5, 0.6) is 0 Å². The summed E-state index contributed by atoms with van der Waals surface area (Å²) in [6, 6.07) is 9.95. The number of likely N-dealkylation sites (tertiary alicyclic amines) is 1. The number of carbonyl (C=O) groups excluding carboxylic acids is 1. The molecular weight excluding hydrogens is 323 g/mol. The van der Waals surface area contributed by atoms with Crippen LogP contribution in [0.15, 0.2) is 55.0 Å². The van der Waals surface area contributed by atoms with Crippen molar-refractivity contribution in [3.05, 3.63) is 66.4 Å². The van der Waals surface area contributed by atoms with Crippen molar-refractivity contribution in [1.82, 2.24) is 19.2 Å². The predicted octanol–water partition coefficient (Wildman–Crippen LogP) is 2.01. The predicted molar refractivity (Wildman–Crippen MR) is 89.4 cm³/mol. The number of carbonyl (C=O) groups is 1. The molecule has 1 N–H and O–H groups in total. The van der Waals surface area contributed by atoms with Crippen LogP contribution in [0.4, 0.5) is 4.39 Å². The molecule has 4 rings (SSSR count). The number of aliphatic hydroxyl groups excluding tert-OH is 1. The van der Waals surface area contributed by atoms with Gasteiger partial charge in [-0.15, -0.1) is 0 Å². The lowest BCUT2D eigenvalue weighted by Crippen LogP contribution is -2.30. The minimum Gasteiger partial charge on any atom is -0.391 e. The molecule has 6 nitrogen and oxygen atoms in total. The van der Waals surface area contributed by atoms with E-state index >= 15 is 0 Å². The monoisotopic (exact) mass is 340 g/mol. The Labute approximate surface area is 143 Å². The van der Waals surface area contributed by atoms with Gasteiger partial charge in [-0.1, -0.05) is 12.1 Å². The van der Waals surface area contributed by atoms with E-state index < -0.39 is 11.9 Å². The molecule has 1 aromatic carbocycles. The van der Waals surface area contributed by atoms with Gasteiger partial charge >= 0.3 is 0 Å². The number of aromatic nitrogens is 3. The zero-order valence-electron chi connectivity index (χ0n) is 13.4. The number of aliphatic hydroxyl groups is 1. The second kappa shape index (κ2) is 6.18. The third-order valence-corrected chi connectivity index (χ3v) is 4.35. The van der Waals surface area contributed by atoms with Crippen molar-refractivity contribution in [3.8, 4) is 11.5 Å². The Bertz CT molecular complexity index is 904. The van der Waals surface area contributed by atoms with Crippen molar-refractivity contribution >= 4 is 5.91 Å². The Balaban J connectivity index is 1.83. The Morgan fingerprint density at radius 3 is 2.64 bits per heavy atom. The average Bonchev–Trinajstić information content (AvgIpc) is 3.34. The Morgan fingerprint density at radius 1 is 1.20 bits per heavy atom. The van der Waals surface area contributed by atoms with Crippen LogP contribution < -0.4 is 0 Å². The van der Waals surface area contributed by atoms with E-state index in [0.717, 1.165) is 0 Å². The van der Waals surface area contributed by atoms with Crippen LogP contribution in [0.3, 0.4) is 0 Å². The van der Waals surface area contributed by atoms with Gasteiger partial charge in [0.1, 0.15) is 17.1 Å². The van der Waals surface area contributed by atoms with Gasteiger partial charge in [0, 0.05) is 25.5 Å².